The summed E-state index contributed by atoms with van der Waals surface area (Å²) >= 11 is 0. The van der Waals surface area contributed by atoms with E-state index in [1.807, 2.05) is 23.1 Å². The molecule has 1 aromatic heterocycles. The summed E-state index contributed by atoms with van der Waals surface area (Å²) in [7, 11) is 0. The molecular weight excluding hydrogens is 384 g/mol. The Morgan fingerprint density at radius 2 is 1.87 bits per heavy atom. The van der Waals surface area contributed by atoms with Crippen molar-refractivity contribution >= 4 is 11.6 Å². The van der Waals surface area contributed by atoms with Gasteiger partial charge in [-0.15, -0.1) is 0 Å². The van der Waals surface area contributed by atoms with E-state index in [2.05, 4.69) is 11.2 Å². The van der Waals surface area contributed by atoms with Gasteiger partial charge in [-0.2, -0.15) is 5.10 Å². The molecular formula is C24H21F2N3O. The van der Waals surface area contributed by atoms with Crippen molar-refractivity contribution < 1.29 is 13.6 Å². The molecule has 1 fully saturated rings. The standard InChI is InChI=1S/C24H21F2N3O/c25-17-9-10-20(18(26)13-17)29-23-16-8-7-15(12-16)21(23)22(27-29)24(30)28-11-3-5-14-4-1-2-6-19(14)28/h1-2,4,6,9-10,13,15-16H,3,5,7-8,11-12H2. The molecule has 2 unspecified atom stereocenters. The first-order valence-electron chi connectivity index (χ1n) is 10.6. The predicted molar refractivity (Wildman–Crippen MR) is 109 cm³/mol. The van der Waals surface area contributed by atoms with E-state index in [0.717, 1.165) is 55.1 Å². The zero-order chi connectivity index (χ0) is 20.4. The van der Waals surface area contributed by atoms with Crippen LogP contribution in [-0.4, -0.2) is 22.2 Å². The Morgan fingerprint density at radius 1 is 1.03 bits per heavy atom. The quantitative estimate of drug-likeness (QED) is 0.594. The van der Waals surface area contributed by atoms with Crippen LogP contribution in [0.4, 0.5) is 14.5 Å². The first kappa shape index (κ1) is 17.8. The van der Waals surface area contributed by atoms with E-state index in [1.54, 1.807) is 4.68 Å². The molecule has 0 N–H and O–H groups in total. The number of benzene rings is 2. The number of aromatic nitrogens is 2. The Morgan fingerprint density at radius 3 is 2.73 bits per heavy atom. The smallest absolute Gasteiger partial charge is 0.279 e. The molecule has 0 spiro atoms. The number of nitrogens with zero attached hydrogens (tertiary/aromatic N) is 3. The predicted octanol–water partition coefficient (Wildman–Crippen LogP) is 5.11. The zero-order valence-corrected chi connectivity index (χ0v) is 16.4. The SMILES string of the molecule is O=C(c1nn(-c2ccc(F)cc2F)c2c1C1CCC2C1)N1CCCc2ccccc21. The molecule has 4 nitrogen and oxygen atoms in total. The molecule has 3 aliphatic rings. The summed E-state index contributed by atoms with van der Waals surface area (Å²) in [5.41, 5.74) is 4.65. The fourth-order valence-corrected chi connectivity index (χ4v) is 5.60. The lowest BCUT2D eigenvalue weighted by molar-refractivity contribution is 0.0978. The summed E-state index contributed by atoms with van der Waals surface area (Å²) < 4.78 is 29.7. The van der Waals surface area contributed by atoms with E-state index in [1.165, 1.54) is 17.7 Å². The Bertz CT molecular complexity index is 1190. The number of carbonyl (C=O) groups is 1. The monoisotopic (exact) mass is 405 g/mol. The molecule has 2 heterocycles. The van der Waals surface area contributed by atoms with Gasteiger partial charge in [0.15, 0.2) is 11.5 Å². The van der Waals surface area contributed by atoms with Crippen molar-refractivity contribution in [3.8, 4) is 5.69 Å². The first-order chi connectivity index (χ1) is 14.6. The van der Waals surface area contributed by atoms with E-state index in [9.17, 15) is 13.6 Å². The van der Waals surface area contributed by atoms with Crippen LogP contribution in [-0.2, 0) is 6.42 Å². The number of rotatable bonds is 2. The van der Waals surface area contributed by atoms with Crippen molar-refractivity contribution in [1.29, 1.82) is 0 Å². The minimum atomic E-state index is -0.662. The van der Waals surface area contributed by atoms with Crippen LogP contribution in [0.25, 0.3) is 5.69 Å². The van der Waals surface area contributed by atoms with Crippen LogP contribution >= 0.6 is 0 Å². The molecule has 1 aliphatic heterocycles. The molecule has 1 saturated carbocycles. The average Bonchev–Trinajstić information content (AvgIpc) is 3.46. The minimum absolute atomic E-state index is 0.118. The van der Waals surface area contributed by atoms with Crippen molar-refractivity contribution in [1.82, 2.24) is 9.78 Å². The Hall–Kier alpha value is -3.02. The van der Waals surface area contributed by atoms with Crippen LogP contribution in [0.2, 0.25) is 0 Å². The van der Waals surface area contributed by atoms with Crippen LogP contribution < -0.4 is 4.90 Å². The van der Waals surface area contributed by atoms with Gasteiger partial charge in [0.25, 0.3) is 5.91 Å². The highest BCUT2D eigenvalue weighted by molar-refractivity contribution is 6.07. The highest BCUT2D eigenvalue weighted by atomic mass is 19.1. The summed E-state index contributed by atoms with van der Waals surface area (Å²) in [6.07, 6.45) is 4.90. The number of aryl methyl sites for hydroxylation is 1. The lowest BCUT2D eigenvalue weighted by atomic mass is 9.94. The van der Waals surface area contributed by atoms with Gasteiger partial charge in [-0.1, -0.05) is 18.2 Å². The molecule has 6 rings (SSSR count). The summed E-state index contributed by atoms with van der Waals surface area (Å²) in [5, 5.41) is 4.64. The molecule has 6 heteroatoms. The Kier molecular flexibility index (Phi) is 3.85. The summed E-state index contributed by atoms with van der Waals surface area (Å²) in [4.78, 5) is 15.5. The topological polar surface area (TPSA) is 38.1 Å². The maximum Gasteiger partial charge on any atom is 0.279 e. The van der Waals surface area contributed by atoms with Gasteiger partial charge >= 0.3 is 0 Å². The van der Waals surface area contributed by atoms with E-state index < -0.39 is 11.6 Å². The molecule has 152 valence electrons. The maximum absolute atomic E-state index is 14.6. The van der Waals surface area contributed by atoms with Crippen molar-refractivity contribution in [3.05, 3.63) is 76.6 Å². The second-order valence-corrected chi connectivity index (χ2v) is 8.55. The van der Waals surface area contributed by atoms with Crippen LogP contribution in [0.1, 0.15) is 64.8 Å². The van der Waals surface area contributed by atoms with Gasteiger partial charge in [0.2, 0.25) is 0 Å². The third-order valence-corrected chi connectivity index (χ3v) is 6.88. The van der Waals surface area contributed by atoms with Crippen molar-refractivity contribution in [2.45, 2.75) is 43.9 Å². The van der Waals surface area contributed by atoms with Gasteiger partial charge in [0, 0.05) is 29.8 Å². The molecule has 0 saturated heterocycles. The molecule has 1 amide bonds. The van der Waals surface area contributed by atoms with Crippen LogP contribution in [0.15, 0.2) is 42.5 Å². The van der Waals surface area contributed by atoms with E-state index >= 15 is 0 Å². The lowest BCUT2D eigenvalue weighted by Crippen LogP contribution is -2.36. The zero-order valence-electron chi connectivity index (χ0n) is 16.4. The summed E-state index contributed by atoms with van der Waals surface area (Å²) in [5.74, 6) is -0.834. The second-order valence-electron chi connectivity index (χ2n) is 8.55. The average molecular weight is 405 g/mol. The molecule has 2 aliphatic carbocycles. The Labute approximate surface area is 173 Å². The molecule has 2 atom stereocenters. The second kappa shape index (κ2) is 6.49. The third kappa shape index (κ3) is 2.49. The van der Waals surface area contributed by atoms with Gasteiger partial charge in [-0.3, -0.25) is 4.79 Å². The number of hydrogen-bond acceptors (Lipinski definition) is 2. The Balaban J connectivity index is 1.50. The number of amides is 1. The first-order valence-corrected chi connectivity index (χ1v) is 10.6. The third-order valence-electron chi connectivity index (χ3n) is 6.88. The van der Waals surface area contributed by atoms with Gasteiger partial charge < -0.3 is 4.90 Å². The molecule has 2 bridgehead atoms. The van der Waals surface area contributed by atoms with Crippen LogP contribution in [0.3, 0.4) is 0 Å². The molecule has 0 radical (unpaired) electrons. The van der Waals surface area contributed by atoms with Crippen molar-refractivity contribution in [3.63, 3.8) is 0 Å². The highest BCUT2D eigenvalue weighted by Crippen LogP contribution is 2.55. The number of halogens is 2. The fourth-order valence-electron chi connectivity index (χ4n) is 5.60. The largest absolute Gasteiger partial charge is 0.307 e. The van der Waals surface area contributed by atoms with Crippen molar-refractivity contribution in [2.75, 3.05) is 11.4 Å². The lowest BCUT2D eigenvalue weighted by Gasteiger charge is -2.29. The van der Waals surface area contributed by atoms with Crippen LogP contribution in [0, 0.1) is 11.6 Å². The fraction of sp³-hybridized carbons (Fsp3) is 0.333. The molecule has 30 heavy (non-hydrogen) atoms. The molecule has 3 aromatic rings. The van der Waals surface area contributed by atoms with Crippen molar-refractivity contribution in [2.24, 2.45) is 0 Å². The van der Waals surface area contributed by atoms with Gasteiger partial charge in [0.1, 0.15) is 11.5 Å². The highest BCUT2D eigenvalue weighted by Gasteiger charge is 2.45. The van der Waals surface area contributed by atoms with Gasteiger partial charge in [-0.05, 0) is 61.8 Å². The summed E-state index contributed by atoms with van der Waals surface area (Å²) in [6, 6.07) is 11.5. The van der Waals surface area contributed by atoms with E-state index in [0.29, 0.717) is 18.2 Å². The minimum Gasteiger partial charge on any atom is -0.307 e. The van der Waals surface area contributed by atoms with Crippen LogP contribution in [0.5, 0.6) is 0 Å². The maximum atomic E-state index is 14.6. The number of hydrogen-bond donors (Lipinski definition) is 0. The number of anilines is 1. The number of para-hydroxylation sites is 1. The molecule has 2 aromatic carbocycles. The number of carbonyl (C=O) groups excluding carboxylic acids is 1. The van der Waals surface area contributed by atoms with Gasteiger partial charge in [0.05, 0.1) is 5.69 Å². The van der Waals surface area contributed by atoms with Gasteiger partial charge in [-0.25, -0.2) is 13.5 Å². The number of fused-ring (bicyclic) bond motifs is 6. The van der Waals surface area contributed by atoms with E-state index in [4.69, 9.17) is 0 Å². The van der Waals surface area contributed by atoms with E-state index in [-0.39, 0.29) is 17.5 Å². The normalized spacial score (nSPS) is 21.6. The summed E-state index contributed by atoms with van der Waals surface area (Å²) in [6.45, 7) is 0.649.